The zero-order valence-electron chi connectivity index (χ0n) is 18.3. The largest absolute Gasteiger partial charge is 0.495 e. The molecule has 0 spiro atoms. The number of piperazine rings is 1. The molecule has 0 radical (unpaired) electrons. The summed E-state index contributed by atoms with van der Waals surface area (Å²) in [4.78, 5) is 16.9. The standard InChI is InChI=1S/C21H31N3O6S2/c1-30-19-7-6-16(14-20(19)32(28,29)22-17-4-2-3-5-17)21(25)24-11-9-23(10-12-24)18-8-13-31(26,27)15-18/h6-7,14,17-18,22H,2-5,8-13,15H2,1H3/t18-/m1/s1. The van der Waals surface area contributed by atoms with Crippen LogP contribution in [0.3, 0.4) is 0 Å². The predicted molar refractivity (Wildman–Crippen MR) is 120 cm³/mol. The number of carbonyl (C=O) groups excluding carboxylic acids is 1. The van der Waals surface area contributed by atoms with Crippen molar-refractivity contribution in [2.75, 3.05) is 44.8 Å². The van der Waals surface area contributed by atoms with Gasteiger partial charge in [-0.25, -0.2) is 21.6 Å². The van der Waals surface area contributed by atoms with Gasteiger partial charge in [0.25, 0.3) is 5.91 Å². The molecular formula is C21H31N3O6S2. The highest BCUT2D eigenvalue weighted by Crippen LogP contribution is 2.28. The van der Waals surface area contributed by atoms with Crippen molar-refractivity contribution in [3.8, 4) is 5.75 Å². The van der Waals surface area contributed by atoms with E-state index in [-0.39, 0.29) is 40.1 Å². The highest BCUT2D eigenvalue weighted by molar-refractivity contribution is 7.91. The molecule has 9 nitrogen and oxygen atoms in total. The molecule has 32 heavy (non-hydrogen) atoms. The Kier molecular flexibility index (Phi) is 6.81. The lowest BCUT2D eigenvalue weighted by Crippen LogP contribution is -2.52. The van der Waals surface area contributed by atoms with Crippen molar-refractivity contribution >= 4 is 25.8 Å². The number of sulfonamides is 1. The van der Waals surface area contributed by atoms with E-state index in [1.165, 1.54) is 19.2 Å². The monoisotopic (exact) mass is 485 g/mol. The molecule has 0 bridgehead atoms. The van der Waals surface area contributed by atoms with Gasteiger partial charge in [0.15, 0.2) is 9.84 Å². The summed E-state index contributed by atoms with van der Waals surface area (Å²) in [5, 5.41) is 0. The van der Waals surface area contributed by atoms with Crippen LogP contribution < -0.4 is 9.46 Å². The number of methoxy groups -OCH3 is 1. The Bertz CT molecular complexity index is 1060. The molecule has 11 heteroatoms. The number of carbonyl (C=O) groups is 1. The van der Waals surface area contributed by atoms with Crippen LogP contribution in [0.15, 0.2) is 23.1 Å². The molecule has 2 aliphatic heterocycles. The fraction of sp³-hybridized carbons (Fsp3) is 0.667. The first-order valence-corrected chi connectivity index (χ1v) is 14.4. The van der Waals surface area contributed by atoms with Gasteiger partial charge < -0.3 is 9.64 Å². The summed E-state index contributed by atoms with van der Waals surface area (Å²) in [7, 11) is -5.35. The molecule has 2 heterocycles. The number of hydrogen-bond donors (Lipinski definition) is 1. The second-order valence-corrected chi connectivity index (χ2v) is 12.8. The van der Waals surface area contributed by atoms with Crippen LogP contribution >= 0.6 is 0 Å². The molecule has 1 saturated carbocycles. The third kappa shape index (κ3) is 5.11. The summed E-state index contributed by atoms with van der Waals surface area (Å²) >= 11 is 0. The molecule has 1 N–H and O–H groups in total. The van der Waals surface area contributed by atoms with Crippen molar-refractivity contribution in [2.24, 2.45) is 0 Å². The second-order valence-electron chi connectivity index (χ2n) is 8.85. The van der Waals surface area contributed by atoms with Crippen molar-refractivity contribution < 1.29 is 26.4 Å². The second kappa shape index (κ2) is 9.28. The lowest BCUT2D eigenvalue weighted by Gasteiger charge is -2.37. The minimum Gasteiger partial charge on any atom is -0.495 e. The smallest absolute Gasteiger partial charge is 0.253 e. The molecule has 1 atom stereocenters. The molecular weight excluding hydrogens is 454 g/mol. The minimum atomic E-state index is -3.81. The van der Waals surface area contributed by atoms with Crippen LogP contribution in [-0.2, 0) is 19.9 Å². The van der Waals surface area contributed by atoms with Crippen LogP contribution in [0.2, 0.25) is 0 Å². The summed E-state index contributed by atoms with van der Waals surface area (Å²) < 4.78 is 57.5. The molecule has 4 rings (SSSR count). The maximum atomic E-state index is 13.1. The van der Waals surface area contributed by atoms with Gasteiger partial charge in [-0.1, -0.05) is 12.8 Å². The highest BCUT2D eigenvalue weighted by Gasteiger charge is 2.35. The summed E-state index contributed by atoms with van der Waals surface area (Å²) in [5.41, 5.74) is 0.300. The summed E-state index contributed by atoms with van der Waals surface area (Å²) in [6, 6.07) is 4.45. The number of nitrogens with zero attached hydrogens (tertiary/aromatic N) is 2. The van der Waals surface area contributed by atoms with Crippen molar-refractivity contribution in [1.29, 1.82) is 0 Å². The number of nitrogens with one attached hydrogen (secondary N) is 1. The van der Waals surface area contributed by atoms with Gasteiger partial charge in [0.05, 0.1) is 18.6 Å². The van der Waals surface area contributed by atoms with Crippen molar-refractivity contribution in [3.63, 3.8) is 0 Å². The first-order valence-electron chi connectivity index (χ1n) is 11.1. The summed E-state index contributed by atoms with van der Waals surface area (Å²) in [5.74, 6) is 0.395. The number of sulfone groups is 1. The molecule has 0 unspecified atom stereocenters. The Morgan fingerprint density at radius 1 is 1.09 bits per heavy atom. The normalized spacial score (nSPS) is 24.7. The van der Waals surface area contributed by atoms with Crippen LogP contribution in [0.1, 0.15) is 42.5 Å². The third-order valence-electron chi connectivity index (χ3n) is 6.70. The third-order valence-corrected chi connectivity index (χ3v) is 10.00. The fourth-order valence-electron chi connectivity index (χ4n) is 4.88. The Morgan fingerprint density at radius 2 is 1.78 bits per heavy atom. The van der Waals surface area contributed by atoms with Crippen molar-refractivity contribution in [1.82, 2.24) is 14.5 Å². The van der Waals surface area contributed by atoms with E-state index in [0.717, 1.165) is 25.7 Å². The van der Waals surface area contributed by atoms with Gasteiger partial charge in [-0.05, 0) is 37.5 Å². The van der Waals surface area contributed by atoms with E-state index in [1.807, 2.05) is 0 Å². The first-order chi connectivity index (χ1) is 15.2. The van der Waals surface area contributed by atoms with Crippen LogP contribution in [0.5, 0.6) is 5.75 Å². The number of rotatable bonds is 6. The Hall–Kier alpha value is -1.69. The van der Waals surface area contributed by atoms with E-state index in [4.69, 9.17) is 4.74 Å². The molecule has 1 aromatic rings. The Balaban J connectivity index is 1.45. The number of hydrogen-bond acceptors (Lipinski definition) is 7. The van der Waals surface area contributed by atoms with Gasteiger partial charge in [0.2, 0.25) is 10.0 Å². The SMILES string of the molecule is COc1ccc(C(=O)N2CCN([C@@H]3CCS(=O)(=O)C3)CC2)cc1S(=O)(=O)NC1CCCC1. The van der Waals surface area contributed by atoms with E-state index in [2.05, 4.69) is 9.62 Å². The van der Waals surface area contributed by atoms with Crippen LogP contribution in [-0.4, -0.2) is 89.4 Å². The highest BCUT2D eigenvalue weighted by atomic mass is 32.2. The predicted octanol–water partition coefficient (Wildman–Crippen LogP) is 0.861. The summed E-state index contributed by atoms with van der Waals surface area (Å²) in [6.07, 6.45) is 4.27. The Morgan fingerprint density at radius 3 is 2.38 bits per heavy atom. The van der Waals surface area contributed by atoms with Gasteiger partial charge in [0.1, 0.15) is 10.6 Å². The topological polar surface area (TPSA) is 113 Å². The van der Waals surface area contributed by atoms with Gasteiger partial charge >= 0.3 is 0 Å². The molecule has 1 aromatic carbocycles. The summed E-state index contributed by atoms with van der Waals surface area (Å²) in [6.45, 7) is 2.17. The lowest BCUT2D eigenvalue weighted by molar-refractivity contribution is 0.0587. The van der Waals surface area contributed by atoms with Crippen LogP contribution in [0.25, 0.3) is 0 Å². The van der Waals surface area contributed by atoms with Crippen LogP contribution in [0, 0.1) is 0 Å². The maximum absolute atomic E-state index is 13.1. The van der Waals surface area contributed by atoms with Gasteiger partial charge in [0, 0.05) is 43.8 Å². The first kappa shape index (κ1) is 23.5. The zero-order valence-corrected chi connectivity index (χ0v) is 20.0. The molecule has 0 aromatic heterocycles. The molecule has 1 amide bonds. The zero-order chi connectivity index (χ0) is 22.9. The average Bonchev–Trinajstić information content (AvgIpc) is 3.41. The molecule has 3 aliphatic rings. The average molecular weight is 486 g/mol. The van der Waals surface area contributed by atoms with Gasteiger partial charge in [-0.3, -0.25) is 9.69 Å². The lowest BCUT2D eigenvalue weighted by atomic mass is 10.1. The molecule has 1 aliphatic carbocycles. The van der Waals surface area contributed by atoms with Crippen LogP contribution in [0.4, 0.5) is 0 Å². The molecule has 2 saturated heterocycles. The molecule has 3 fully saturated rings. The maximum Gasteiger partial charge on any atom is 0.253 e. The van der Waals surface area contributed by atoms with Crippen molar-refractivity contribution in [2.45, 2.75) is 49.1 Å². The van der Waals surface area contributed by atoms with E-state index >= 15 is 0 Å². The number of ether oxygens (including phenoxy) is 1. The van der Waals surface area contributed by atoms with Crippen molar-refractivity contribution in [3.05, 3.63) is 23.8 Å². The van der Waals surface area contributed by atoms with Gasteiger partial charge in [-0.2, -0.15) is 0 Å². The number of amides is 1. The van der Waals surface area contributed by atoms with E-state index < -0.39 is 19.9 Å². The van der Waals surface area contributed by atoms with E-state index in [1.54, 1.807) is 11.0 Å². The fourth-order valence-corrected chi connectivity index (χ4v) is 8.14. The van der Waals surface area contributed by atoms with Gasteiger partial charge in [-0.15, -0.1) is 0 Å². The quantitative estimate of drug-likeness (QED) is 0.636. The van der Waals surface area contributed by atoms with E-state index in [9.17, 15) is 21.6 Å². The molecule has 178 valence electrons. The van der Waals surface area contributed by atoms with E-state index in [0.29, 0.717) is 38.2 Å². The minimum absolute atomic E-state index is 0.0208. The Labute approximate surface area is 190 Å². The number of benzene rings is 1.